The summed E-state index contributed by atoms with van der Waals surface area (Å²) in [5.74, 6) is 0.616. The molecule has 28 heavy (non-hydrogen) atoms. The van der Waals surface area contributed by atoms with Crippen LogP contribution in [-0.2, 0) is 27.7 Å². The number of amides is 1. The molecular weight excluding hydrogens is 372 g/mol. The summed E-state index contributed by atoms with van der Waals surface area (Å²) >= 11 is 0. The molecule has 2 aliphatic rings. The van der Waals surface area contributed by atoms with Crippen LogP contribution in [0.5, 0.6) is 0 Å². The van der Waals surface area contributed by atoms with Crippen molar-refractivity contribution in [3.05, 3.63) is 29.3 Å². The average molecular weight is 407 g/mol. The van der Waals surface area contributed by atoms with Gasteiger partial charge in [0.15, 0.2) is 0 Å². The Morgan fingerprint density at radius 2 is 1.79 bits per heavy atom. The highest BCUT2D eigenvalue weighted by molar-refractivity contribution is 7.89. The highest BCUT2D eigenvalue weighted by Crippen LogP contribution is 2.28. The van der Waals surface area contributed by atoms with Crippen LogP contribution in [0.1, 0.15) is 64.0 Å². The van der Waals surface area contributed by atoms with Gasteiger partial charge in [-0.05, 0) is 81.0 Å². The molecule has 0 saturated carbocycles. The van der Waals surface area contributed by atoms with Gasteiger partial charge in [-0.2, -0.15) is 4.31 Å². The molecule has 1 heterocycles. The van der Waals surface area contributed by atoms with Crippen molar-refractivity contribution in [2.24, 2.45) is 11.8 Å². The van der Waals surface area contributed by atoms with Crippen LogP contribution < -0.4 is 5.32 Å². The van der Waals surface area contributed by atoms with Crippen LogP contribution in [-0.4, -0.2) is 37.8 Å². The van der Waals surface area contributed by atoms with Gasteiger partial charge in [-0.1, -0.05) is 19.9 Å². The third kappa shape index (κ3) is 4.95. The first-order valence-electron chi connectivity index (χ1n) is 10.7. The van der Waals surface area contributed by atoms with Crippen LogP contribution in [0.2, 0.25) is 0 Å². The smallest absolute Gasteiger partial charge is 0.243 e. The quantitative estimate of drug-likeness (QED) is 0.753. The summed E-state index contributed by atoms with van der Waals surface area (Å²) in [6.45, 7) is 7.25. The normalized spacial score (nSPS) is 19.6. The van der Waals surface area contributed by atoms with Gasteiger partial charge in [0.2, 0.25) is 15.9 Å². The zero-order valence-corrected chi connectivity index (χ0v) is 18.2. The summed E-state index contributed by atoms with van der Waals surface area (Å²) in [6.07, 6.45) is 6.38. The number of hydrogen-bond acceptors (Lipinski definition) is 3. The van der Waals surface area contributed by atoms with Crippen molar-refractivity contribution >= 4 is 15.9 Å². The molecule has 1 aliphatic carbocycles. The van der Waals surface area contributed by atoms with Crippen LogP contribution in [0, 0.1) is 11.8 Å². The number of sulfonamides is 1. The fourth-order valence-electron chi connectivity index (χ4n) is 4.23. The molecule has 1 aromatic carbocycles. The minimum atomic E-state index is -3.47. The molecule has 5 nitrogen and oxygen atoms in total. The molecule has 0 radical (unpaired) electrons. The molecule has 156 valence electrons. The summed E-state index contributed by atoms with van der Waals surface area (Å²) in [5.41, 5.74) is 2.45. The summed E-state index contributed by atoms with van der Waals surface area (Å²) < 4.78 is 27.6. The maximum Gasteiger partial charge on any atom is 0.243 e. The zero-order chi connectivity index (χ0) is 20.3. The Bertz CT molecular complexity index is 796. The van der Waals surface area contributed by atoms with E-state index in [4.69, 9.17) is 0 Å². The van der Waals surface area contributed by atoms with E-state index in [0.717, 1.165) is 32.1 Å². The van der Waals surface area contributed by atoms with Gasteiger partial charge in [-0.25, -0.2) is 8.42 Å². The van der Waals surface area contributed by atoms with Crippen LogP contribution >= 0.6 is 0 Å². The largest absolute Gasteiger partial charge is 0.353 e. The number of aryl methyl sites for hydroxylation is 2. The Balaban J connectivity index is 1.55. The molecule has 6 heteroatoms. The Kier molecular flexibility index (Phi) is 6.81. The molecule has 1 atom stereocenters. The van der Waals surface area contributed by atoms with E-state index in [1.807, 2.05) is 19.1 Å². The van der Waals surface area contributed by atoms with E-state index in [9.17, 15) is 13.2 Å². The highest BCUT2D eigenvalue weighted by Gasteiger charge is 2.32. The number of benzene rings is 1. The highest BCUT2D eigenvalue weighted by atomic mass is 32.2. The molecule has 1 aliphatic heterocycles. The van der Waals surface area contributed by atoms with Crippen molar-refractivity contribution in [2.45, 2.75) is 76.7 Å². The van der Waals surface area contributed by atoms with Gasteiger partial charge in [-0.3, -0.25) is 4.79 Å². The van der Waals surface area contributed by atoms with Gasteiger partial charge in [0.25, 0.3) is 0 Å². The van der Waals surface area contributed by atoms with E-state index in [2.05, 4.69) is 19.2 Å². The lowest BCUT2D eigenvalue weighted by Gasteiger charge is -2.31. The molecule has 1 amide bonds. The van der Waals surface area contributed by atoms with Crippen LogP contribution in [0.25, 0.3) is 0 Å². The molecule has 0 aromatic heterocycles. The average Bonchev–Trinajstić information content (AvgIpc) is 3.14. The molecule has 0 spiro atoms. The van der Waals surface area contributed by atoms with E-state index < -0.39 is 10.0 Å². The summed E-state index contributed by atoms with van der Waals surface area (Å²) in [7, 11) is -3.47. The third-order valence-electron chi connectivity index (χ3n) is 6.10. The van der Waals surface area contributed by atoms with Gasteiger partial charge < -0.3 is 5.32 Å². The Morgan fingerprint density at radius 1 is 1.11 bits per heavy atom. The molecule has 1 fully saturated rings. The van der Waals surface area contributed by atoms with Crippen LogP contribution in [0.3, 0.4) is 0 Å². The van der Waals surface area contributed by atoms with Gasteiger partial charge in [0.1, 0.15) is 0 Å². The van der Waals surface area contributed by atoms with Gasteiger partial charge in [-0.15, -0.1) is 0 Å². The first-order chi connectivity index (χ1) is 13.3. The van der Waals surface area contributed by atoms with Crippen LogP contribution in [0.15, 0.2) is 23.1 Å². The van der Waals surface area contributed by atoms with Gasteiger partial charge >= 0.3 is 0 Å². The van der Waals surface area contributed by atoms with E-state index in [1.54, 1.807) is 10.4 Å². The minimum Gasteiger partial charge on any atom is -0.353 e. The van der Waals surface area contributed by atoms with E-state index >= 15 is 0 Å². The molecule has 0 unspecified atom stereocenters. The number of hydrogen-bond donors (Lipinski definition) is 1. The second-order valence-corrected chi connectivity index (χ2v) is 10.8. The topological polar surface area (TPSA) is 66.5 Å². The summed E-state index contributed by atoms with van der Waals surface area (Å²) in [6, 6.07) is 5.73. The molecule has 1 N–H and O–H groups in total. The maximum absolute atomic E-state index is 13.0. The second kappa shape index (κ2) is 8.95. The third-order valence-corrected chi connectivity index (χ3v) is 7.99. The number of nitrogens with zero attached hydrogens (tertiary/aromatic N) is 1. The number of carbonyl (C=O) groups is 1. The second-order valence-electron chi connectivity index (χ2n) is 8.84. The Labute approximate surface area is 169 Å². The molecule has 0 bridgehead atoms. The predicted octanol–water partition coefficient (Wildman–Crippen LogP) is 3.52. The van der Waals surface area contributed by atoms with Crippen molar-refractivity contribution < 1.29 is 13.2 Å². The molecule has 1 aromatic rings. The zero-order valence-electron chi connectivity index (χ0n) is 17.4. The van der Waals surface area contributed by atoms with E-state index in [1.165, 1.54) is 11.1 Å². The fourth-order valence-corrected chi connectivity index (χ4v) is 5.75. The first-order valence-corrected chi connectivity index (χ1v) is 12.1. The Morgan fingerprint density at radius 3 is 2.46 bits per heavy atom. The number of nitrogens with one attached hydrogen (secondary N) is 1. The number of fused-ring (bicyclic) bond motifs is 1. The predicted molar refractivity (Wildman–Crippen MR) is 112 cm³/mol. The SMILES string of the molecule is CC(C)CC[C@@H](C)NC(=O)C1CCN(S(=O)(=O)c2ccc3c(c2)CCC3)CC1. The standard InChI is InChI=1S/C22H34N2O3S/c1-16(2)7-8-17(3)23-22(25)19-11-13-24(14-12-19)28(26,27)21-10-9-18-5-4-6-20(18)15-21/h9-10,15-17,19H,4-8,11-14H2,1-3H3,(H,23,25)/t17-/m1/s1. The van der Waals surface area contributed by atoms with Crippen molar-refractivity contribution in [2.75, 3.05) is 13.1 Å². The van der Waals surface area contributed by atoms with Crippen molar-refractivity contribution in [3.8, 4) is 0 Å². The van der Waals surface area contributed by atoms with Crippen molar-refractivity contribution in [1.82, 2.24) is 9.62 Å². The fraction of sp³-hybridized carbons (Fsp3) is 0.682. The van der Waals surface area contributed by atoms with Gasteiger partial charge in [0.05, 0.1) is 4.90 Å². The lowest BCUT2D eigenvalue weighted by atomic mass is 9.96. The van der Waals surface area contributed by atoms with E-state index in [-0.39, 0.29) is 17.9 Å². The Hall–Kier alpha value is -1.40. The number of rotatable bonds is 7. The molecular formula is C22H34N2O3S. The minimum absolute atomic E-state index is 0.0748. The molecule has 1 saturated heterocycles. The maximum atomic E-state index is 13.0. The lowest BCUT2D eigenvalue weighted by Crippen LogP contribution is -2.44. The van der Waals surface area contributed by atoms with Crippen molar-refractivity contribution in [3.63, 3.8) is 0 Å². The van der Waals surface area contributed by atoms with Gasteiger partial charge in [0, 0.05) is 25.0 Å². The number of piperidine rings is 1. The van der Waals surface area contributed by atoms with Crippen molar-refractivity contribution in [1.29, 1.82) is 0 Å². The monoisotopic (exact) mass is 406 g/mol. The van der Waals surface area contributed by atoms with Crippen LogP contribution in [0.4, 0.5) is 0 Å². The lowest BCUT2D eigenvalue weighted by molar-refractivity contribution is -0.126. The molecule has 3 rings (SSSR count). The first kappa shape index (κ1) is 21.3. The van der Waals surface area contributed by atoms with E-state index in [0.29, 0.717) is 36.7 Å². The summed E-state index contributed by atoms with van der Waals surface area (Å²) in [5, 5.41) is 3.11. The summed E-state index contributed by atoms with van der Waals surface area (Å²) in [4.78, 5) is 12.9. The number of carbonyl (C=O) groups excluding carboxylic acids is 1.